The van der Waals surface area contributed by atoms with E-state index < -0.39 is 0 Å². The first-order valence-electron chi connectivity index (χ1n) is 10.4. The molecule has 0 fully saturated rings. The third-order valence-electron chi connectivity index (χ3n) is 5.17. The molecule has 0 radical (unpaired) electrons. The summed E-state index contributed by atoms with van der Waals surface area (Å²) in [6.45, 7) is 0. The summed E-state index contributed by atoms with van der Waals surface area (Å²) in [5, 5.41) is 6.21. The normalized spacial score (nSPS) is 10.7. The van der Waals surface area contributed by atoms with Crippen molar-refractivity contribution in [3.8, 4) is 11.4 Å². The first-order chi connectivity index (χ1) is 16.5. The van der Waals surface area contributed by atoms with E-state index in [2.05, 4.69) is 25.6 Å². The number of hydrogen-bond acceptors (Lipinski definition) is 4. The van der Waals surface area contributed by atoms with Crippen LogP contribution in [0, 0.1) is 0 Å². The number of aromatic amines is 1. The molecule has 3 aromatic carbocycles. The molecule has 5 rings (SSSR count). The lowest BCUT2D eigenvalue weighted by atomic mass is 10.1. The quantitative estimate of drug-likeness (QED) is 0.305. The van der Waals surface area contributed by atoms with E-state index >= 15 is 0 Å². The van der Waals surface area contributed by atoms with E-state index in [1.165, 1.54) is 0 Å². The van der Waals surface area contributed by atoms with Crippen molar-refractivity contribution in [1.29, 1.82) is 0 Å². The zero-order valence-electron chi connectivity index (χ0n) is 17.7. The number of halogens is 1. The first-order valence-corrected chi connectivity index (χ1v) is 10.8. The zero-order chi connectivity index (χ0) is 23.5. The Morgan fingerprint density at radius 3 is 2.26 bits per heavy atom. The number of benzene rings is 3. The number of carbonyl (C=O) groups is 2. The number of hydrogen-bond donors (Lipinski definition) is 3. The SMILES string of the molecule is O=C(Nc1ccc(-c2nc3ccc(C(=O)Nc4ccccn4)cc3[nH]2)cc1)c1ccc(Cl)cc1. The predicted molar refractivity (Wildman–Crippen MR) is 133 cm³/mol. The lowest BCUT2D eigenvalue weighted by Crippen LogP contribution is -2.12. The van der Waals surface area contributed by atoms with Gasteiger partial charge in [0.05, 0.1) is 11.0 Å². The second kappa shape index (κ2) is 9.17. The maximum Gasteiger partial charge on any atom is 0.256 e. The van der Waals surface area contributed by atoms with Crippen LogP contribution in [-0.2, 0) is 0 Å². The molecule has 7 nitrogen and oxygen atoms in total. The van der Waals surface area contributed by atoms with Gasteiger partial charge >= 0.3 is 0 Å². The maximum atomic E-state index is 12.6. The Bertz CT molecular complexity index is 1480. The van der Waals surface area contributed by atoms with Gasteiger partial charge in [0.15, 0.2) is 0 Å². The smallest absolute Gasteiger partial charge is 0.256 e. The van der Waals surface area contributed by atoms with Crippen LogP contribution in [0.15, 0.2) is 91.1 Å². The topological polar surface area (TPSA) is 99.8 Å². The van der Waals surface area contributed by atoms with Gasteiger partial charge in [0.2, 0.25) is 0 Å². The van der Waals surface area contributed by atoms with Crippen molar-refractivity contribution in [3.63, 3.8) is 0 Å². The molecule has 8 heteroatoms. The summed E-state index contributed by atoms with van der Waals surface area (Å²) >= 11 is 5.88. The molecule has 34 heavy (non-hydrogen) atoms. The van der Waals surface area contributed by atoms with E-state index in [0.717, 1.165) is 16.6 Å². The minimum Gasteiger partial charge on any atom is -0.338 e. The highest BCUT2D eigenvalue weighted by molar-refractivity contribution is 6.30. The van der Waals surface area contributed by atoms with E-state index in [0.29, 0.717) is 33.5 Å². The third-order valence-corrected chi connectivity index (χ3v) is 5.43. The summed E-state index contributed by atoms with van der Waals surface area (Å²) in [4.78, 5) is 36.9. The highest BCUT2D eigenvalue weighted by atomic mass is 35.5. The third kappa shape index (κ3) is 4.65. The number of carbonyl (C=O) groups excluding carboxylic acids is 2. The fourth-order valence-electron chi connectivity index (χ4n) is 3.43. The summed E-state index contributed by atoms with van der Waals surface area (Å²) in [6, 6.07) is 24.6. The summed E-state index contributed by atoms with van der Waals surface area (Å²) in [5.41, 5.74) is 4.00. The van der Waals surface area contributed by atoms with Crippen LogP contribution in [-0.4, -0.2) is 26.8 Å². The van der Waals surface area contributed by atoms with Crippen molar-refractivity contribution in [2.75, 3.05) is 10.6 Å². The van der Waals surface area contributed by atoms with Gasteiger partial charge in [0, 0.05) is 33.6 Å². The average Bonchev–Trinajstić information content (AvgIpc) is 3.29. The number of rotatable bonds is 5. The van der Waals surface area contributed by atoms with Crippen LogP contribution in [0.4, 0.5) is 11.5 Å². The minimum absolute atomic E-state index is 0.218. The fourth-order valence-corrected chi connectivity index (χ4v) is 3.55. The van der Waals surface area contributed by atoms with E-state index in [1.54, 1.807) is 66.9 Å². The van der Waals surface area contributed by atoms with Gasteiger partial charge in [0.1, 0.15) is 11.6 Å². The Kier molecular flexibility index (Phi) is 5.76. The van der Waals surface area contributed by atoms with Gasteiger partial charge in [-0.15, -0.1) is 0 Å². The molecule has 0 aliphatic heterocycles. The van der Waals surface area contributed by atoms with Crippen molar-refractivity contribution < 1.29 is 9.59 Å². The van der Waals surface area contributed by atoms with Crippen molar-refractivity contribution in [2.24, 2.45) is 0 Å². The van der Waals surface area contributed by atoms with E-state index in [1.807, 2.05) is 24.3 Å². The molecule has 5 aromatic rings. The highest BCUT2D eigenvalue weighted by Crippen LogP contribution is 2.23. The Hall–Kier alpha value is -4.49. The number of nitrogens with one attached hydrogen (secondary N) is 3. The number of H-pyrrole nitrogens is 1. The van der Waals surface area contributed by atoms with E-state index in [9.17, 15) is 9.59 Å². The summed E-state index contributed by atoms with van der Waals surface area (Å²) < 4.78 is 0. The number of pyridine rings is 1. The van der Waals surface area contributed by atoms with Crippen LogP contribution in [0.1, 0.15) is 20.7 Å². The number of fused-ring (bicyclic) bond motifs is 1. The van der Waals surface area contributed by atoms with E-state index in [4.69, 9.17) is 11.6 Å². The molecule has 166 valence electrons. The van der Waals surface area contributed by atoms with Gasteiger partial charge in [0.25, 0.3) is 11.8 Å². The summed E-state index contributed by atoms with van der Waals surface area (Å²) in [5.74, 6) is 0.677. The molecule has 0 atom stereocenters. The van der Waals surface area contributed by atoms with Crippen LogP contribution in [0.5, 0.6) is 0 Å². The zero-order valence-corrected chi connectivity index (χ0v) is 18.5. The van der Waals surface area contributed by atoms with Gasteiger partial charge in [-0.3, -0.25) is 9.59 Å². The number of aromatic nitrogens is 3. The second-order valence-electron chi connectivity index (χ2n) is 7.52. The first kappa shape index (κ1) is 21.4. The number of anilines is 2. The van der Waals surface area contributed by atoms with Crippen LogP contribution in [0.2, 0.25) is 5.02 Å². The molecule has 0 aliphatic rings. The largest absolute Gasteiger partial charge is 0.338 e. The van der Waals surface area contributed by atoms with Crippen molar-refractivity contribution in [1.82, 2.24) is 15.0 Å². The monoisotopic (exact) mass is 467 g/mol. The van der Waals surface area contributed by atoms with Gasteiger partial charge in [-0.05, 0) is 78.9 Å². The second-order valence-corrected chi connectivity index (χ2v) is 7.96. The molecule has 2 aromatic heterocycles. The number of amides is 2. The van der Waals surface area contributed by atoms with Crippen LogP contribution < -0.4 is 10.6 Å². The molecule has 0 saturated carbocycles. The number of nitrogens with zero attached hydrogens (tertiary/aromatic N) is 2. The molecule has 2 heterocycles. The number of imidazole rings is 1. The molecule has 0 saturated heterocycles. The molecule has 3 N–H and O–H groups in total. The van der Waals surface area contributed by atoms with Gasteiger partial charge in [-0.2, -0.15) is 0 Å². The lowest BCUT2D eigenvalue weighted by molar-refractivity contribution is 0.101. The van der Waals surface area contributed by atoms with Crippen LogP contribution in [0.3, 0.4) is 0 Å². The highest BCUT2D eigenvalue weighted by Gasteiger charge is 2.11. The van der Waals surface area contributed by atoms with Crippen LogP contribution >= 0.6 is 11.6 Å². The predicted octanol–water partition coefficient (Wildman–Crippen LogP) is 5.78. The Balaban J connectivity index is 1.31. The van der Waals surface area contributed by atoms with Gasteiger partial charge < -0.3 is 15.6 Å². The molecule has 0 bridgehead atoms. The van der Waals surface area contributed by atoms with Crippen LogP contribution in [0.25, 0.3) is 22.4 Å². The standard InChI is InChI=1S/C26H18ClN5O2/c27-19-9-4-17(5-10-19)25(33)29-20-11-6-16(7-12-20)24-30-21-13-8-18(15-22(21)31-24)26(34)32-23-3-1-2-14-28-23/h1-15H,(H,29,33)(H,30,31)(H,28,32,34). The fraction of sp³-hybridized carbons (Fsp3) is 0. The Morgan fingerprint density at radius 1 is 0.794 bits per heavy atom. The van der Waals surface area contributed by atoms with Gasteiger partial charge in [-0.25, -0.2) is 9.97 Å². The van der Waals surface area contributed by atoms with E-state index in [-0.39, 0.29) is 11.8 Å². The molecular weight excluding hydrogens is 450 g/mol. The maximum absolute atomic E-state index is 12.6. The van der Waals surface area contributed by atoms with Crippen molar-refractivity contribution in [3.05, 3.63) is 107 Å². The molecular formula is C26H18ClN5O2. The lowest BCUT2D eigenvalue weighted by Gasteiger charge is -2.06. The minimum atomic E-state index is -0.252. The molecule has 0 unspecified atom stereocenters. The Morgan fingerprint density at radius 2 is 1.53 bits per heavy atom. The van der Waals surface area contributed by atoms with Gasteiger partial charge in [-0.1, -0.05) is 17.7 Å². The average molecular weight is 468 g/mol. The molecule has 2 amide bonds. The summed E-state index contributed by atoms with van der Waals surface area (Å²) in [6.07, 6.45) is 1.62. The molecule has 0 spiro atoms. The molecule has 0 aliphatic carbocycles. The van der Waals surface area contributed by atoms with Crippen molar-refractivity contribution in [2.45, 2.75) is 0 Å². The van der Waals surface area contributed by atoms with Crippen molar-refractivity contribution >= 4 is 46.0 Å². The summed E-state index contributed by atoms with van der Waals surface area (Å²) in [7, 11) is 0. The Labute approximate surface area is 199 Å².